The Hall–Kier alpha value is -4.66. The number of benzene rings is 4. The molecule has 4 aromatic carbocycles. The molecule has 0 aromatic heterocycles. The second-order valence-corrected chi connectivity index (χ2v) is 12.7. The fourth-order valence-electron chi connectivity index (χ4n) is 5.46. The quantitative estimate of drug-likeness (QED) is 0.184. The molecule has 1 aliphatic rings. The molecular formula is C38H39ClN2O6. The zero-order valence-electron chi connectivity index (χ0n) is 27.0. The third-order valence-corrected chi connectivity index (χ3v) is 7.79. The monoisotopic (exact) mass is 654 g/mol. The molecule has 0 saturated carbocycles. The van der Waals surface area contributed by atoms with Crippen molar-refractivity contribution in [3.05, 3.63) is 124 Å². The van der Waals surface area contributed by atoms with Crippen molar-refractivity contribution < 1.29 is 28.6 Å². The van der Waals surface area contributed by atoms with E-state index in [1.165, 1.54) is 0 Å². The smallest absolute Gasteiger partial charge is 0.407 e. The van der Waals surface area contributed by atoms with E-state index in [-0.39, 0.29) is 32.0 Å². The van der Waals surface area contributed by atoms with Crippen LogP contribution in [0.3, 0.4) is 0 Å². The Bertz CT molecular complexity index is 1720. The van der Waals surface area contributed by atoms with E-state index < -0.39 is 29.9 Å². The van der Waals surface area contributed by atoms with Crippen LogP contribution in [0.25, 0.3) is 11.1 Å². The topological polar surface area (TPSA) is 94.2 Å². The van der Waals surface area contributed by atoms with Crippen LogP contribution in [0.2, 0.25) is 5.02 Å². The molecule has 1 N–H and O–H groups in total. The molecule has 47 heavy (non-hydrogen) atoms. The number of hydrogen-bond donors (Lipinski definition) is 1. The second kappa shape index (κ2) is 14.8. The number of amides is 2. The number of ether oxygens (including phenoxy) is 3. The summed E-state index contributed by atoms with van der Waals surface area (Å²) in [5.41, 5.74) is 5.28. The van der Waals surface area contributed by atoms with Gasteiger partial charge >= 0.3 is 12.1 Å². The first-order valence-electron chi connectivity index (χ1n) is 15.6. The number of carbonyl (C=O) groups excluding carboxylic acids is 3. The normalized spacial score (nSPS) is 16.2. The van der Waals surface area contributed by atoms with Crippen molar-refractivity contribution in [1.29, 1.82) is 0 Å². The van der Waals surface area contributed by atoms with Gasteiger partial charge in [-0.2, -0.15) is 0 Å². The summed E-state index contributed by atoms with van der Waals surface area (Å²) in [5, 5.41) is 3.24. The van der Waals surface area contributed by atoms with E-state index in [0.717, 1.165) is 27.8 Å². The van der Waals surface area contributed by atoms with Crippen molar-refractivity contribution in [1.82, 2.24) is 5.32 Å². The van der Waals surface area contributed by atoms with Crippen LogP contribution in [0.15, 0.2) is 97.1 Å². The van der Waals surface area contributed by atoms with Gasteiger partial charge in [-0.05, 0) is 67.6 Å². The average molecular weight is 655 g/mol. The summed E-state index contributed by atoms with van der Waals surface area (Å²) in [5.74, 6) is -0.907. The molecular weight excluding hydrogens is 616 g/mol. The fraction of sp³-hybridized carbons (Fsp3) is 0.289. The van der Waals surface area contributed by atoms with E-state index in [1.807, 2.05) is 84.9 Å². The van der Waals surface area contributed by atoms with Crippen LogP contribution in [-0.2, 0) is 36.9 Å². The predicted molar refractivity (Wildman–Crippen MR) is 182 cm³/mol. The standard InChI is InChI=1S/C38H39ClN2O6/c1-5-45-34(42)22-33-36(43)41(24-25-14-16-28(17-15-25)27-11-7-6-8-12-27)32-21-30(39)18-19-31(32)35(46-33)29-13-9-10-26(20-29)23-40-37(44)47-38(2,3)4/h6-21,33,35H,5,22-24H2,1-4H3,(H,40,44). The zero-order valence-corrected chi connectivity index (χ0v) is 27.8. The number of carbonyl (C=O) groups is 3. The van der Waals surface area contributed by atoms with Gasteiger partial charge in [0.25, 0.3) is 5.91 Å². The Morgan fingerprint density at radius 2 is 1.62 bits per heavy atom. The highest BCUT2D eigenvalue weighted by molar-refractivity contribution is 6.31. The van der Waals surface area contributed by atoms with Crippen LogP contribution < -0.4 is 10.2 Å². The molecule has 0 radical (unpaired) electrons. The molecule has 2 amide bonds. The van der Waals surface area contributed by atoms with E-state index in [2.05, 4.69) is 5.32 Å². The maximum atomic E-state index is 14.3. The highest BCUT2D eigenvalue weighted by atomic mass is 35.5. The van der Waals surface area contributed by atoms with Crippen molar-refractivity contribution in [2.24, 2.45) is 0 Å². The molecule has 4 aromatic rings. The summed E-state index contributed by atoms with van der Waals surface area (Å²) < 4.78 is 17.1. The van der Waals surface area contributed by atoms with E-state index in [0.29, 0.717) is 16.3 Å². The first kappa shape index (κ1) is 33.7. The molecule has 0 saturated heterocycles. The molecule has 2 atom stereocenters. The van der Waals surface area contributed by atoms with Crippen LogP contribution in [-0.4, -0.2) is 36.3 Å². The number of alkyl carbamates (subject to hydrolysis) is 1. The highest BCUT2D eigenvalue weighted by Gasteiger charge is 2.38. The maximum absolute atomic E-state index is 14.3. The minimum Gasteiger partial charge on any atom is -0.466 e. The van der Waals surface area contributed by atoms with Crippen molar-refractivity contribution >= 4 is 35.3 Å². The van der Waals surface area contributed by atoms with Crippen molar-refractivity contribution in [2.45, 2.75) is 65.0 Å². The second-order valence-electron chi connectivity index (χ2n) is 12.3. The Morgan fingerprint density at radius 1 is 0.894 bits per heavy atom. The van der Waals surface area contributed by atoms with Crippen LogP contribution in [0, 0.1) is 0 Å². The lowest BCUT2D eigenvalue weighted by molar-refractivity contribution is -0.151. The molecule has 0 fully saturated rings. The highest BCUT2D eigenvalue weighted by Crippen LogP contribution is 2.41. The first-order valence-corrected chi connectivity index (χ1v) is 16.0. The number of nitrogens with one attached hydrogen (secondary N) is 1. The molecule has 9 heteroatoms. The summed E-state index contributed by atoms with van der Waals surface area (Å²) >= 11 is 6.53. The number of anilines is 1. The summed E-state index contributed by atoms with van der Waals surface area (Å²) in [4.78, 5) is 41.0. The van der Waals surface area contributed by atoms with Crippen molar-refractivity contribution in [2.75, 3.05) is 11.5 Å². The van der Waals surface area contributed by atoms with Gasteiger partial charge in [-0.3, -0.25) is 9.59 Å². The molecule has 0 bridgehead atoms. The molecule has 2 unspecified atom stereocenters. The number of esters is 1. The van der Waals surface area contributed by atoms with Gasteiger partial charge in [-0.25, -0.2) is 4.79 Å². The predicted octanol–water partition coefficient (Wildman–Crippen LogP) is 8.01. The summed E-state index contributed by atoms with van der Waals surface area (Å²) in [6, 6.07) is 31.0. The minimum atomic E-state index is -1.13. The minimum absolute atomic E-state index is 0.184. The summed E-state index contributed by atoms with van der Waals surface area (Å²) in [6.45, 7) is 7.77. The summed E-state index contributed by atoms with van der Waals surface area (Å²) in [6.07, 6.45) is -2.63. The average Bonchev–Trinajstić information content (AvgIpc) is 3.14. The number of fused-ring (bicyclic) bond motifs is 1. The van der Waals surface area contributed by atoms with E-state index >= 15 is 0 Å². The Morgan fingerprint density at radius 3 is 2.32 bits per heavy atom. The lowest BCUT2D eigenvalue weighted by atomic mass is 9.97. The van der Waals surface area contributed by atoms with Crippen molar-refractivity contribution in [3.63, 3.8) is 0 Å². The third-order valence-electron chi connectivity index (χ3n) is 7.56. The van der Waals surface area contributed by atoms with Gasteiger partial charge in [0.2, 0.25) is 0 Å². The largest absolute Gasteiger partial charge is 0.466 e. The zero-order chi connectivity index (χ0) is 33.6. The van der Waals surface area contributed by atoms with Gasteiger partial charge in [0.1, 0.15) is 17.8 Å². The van der Waals surface area contributed by atoms with E-state index in [9.17, 15) is 14.4 Å². The van der Waals surface area contributed by atoms with Crippen LogP contribution >= 0.6 is 11.6 Å². The van der Waals surface area contributed by atoms with Gasteiger partial charge in [0.05, 0.1) is 25.3 Å². The Kier molecular flexibility index (Phi) is 10.6. The van der Waals surface area contributed by atoms with Crippen LogP contribution in [0.4, 0.5) is 10.5 Å². The van der Waals surface area contributed by atoms with Crippen LogP contribution in [0.5, 0.6) is 0 Å². The third kappa shape index (κ3) is 8.78. The van der Waals surface area contributed by atoms with E-state index in [4.69, 9.17) is 25.8 Å². The SMILES string of the molecule is CCOC(=O)CC1OC(c2cccc(CNC(=O)OC(C)(C)C)c2)c2ccc(Cl)cc2N(Cc2ccc(-c3ccccc3)cc2)C1=O. The molecule has 0 aliphatic carbocycles. The number of rotatable bonds is 9. The maximum Gasteiger partial charge on any atom is 0.407 e. The van der Waals surface area contributed by atoms with Crippen molar-refractivity contribution in [3.8, 4) is 11.1 Å². The Balaban J connectivity index is 1.50. The van der Waals surface area contributed by atoms with Gasteiger partial charge in [0.15, 0.2) is 0 Å². The lowest BCUT2D eigenvalue weighted by Crippen LogP contribution is -2.40. The lowest BCUT2D eigenvalue weighted by Gasteiger charge is -2.25. The molecule has 1 aliphatic heterocycles. The summed E-state index contributed by atoms with van der Waals surface area (Å²) in [7, 11) is 0. The van der Waals surface area contributed by atoms with Gasteiger partial charge < -0.3 is 24.4 Å². The fourth-order valence-corrected chi connectivity index (χ4v) is 5.63. The van der Waals surface area contributed by atoms with E-state index in [1.54, 1.807) is 44.7 Å². The molecule has 1 heterocycles. The molecule has 5 rings (SSSR count). The first-order chi connectivity index (χ1) is 22.5. The number of halogens is 1. The molecule has 0 spiro atoms. The van der Waals surface area contributed by atoms with Gasteiger partial charge in [0, 0.05) is 17.1 Å². The molecule has 8 nitrogen and oxygen atoms in total. The van der Waals surface area contributed by atoms with Gasteiger partial charge in [-0.1, -0.05) is 96.5 Å². The van der Waals surface area contributed by atoms with Gasteiger partial charge in [-0.15, -0.1) is 0 Å². The number of nitrogens with zero attached hydrogens (tertiary/aromatic N) is 1. The number of hydrogen-bond acceptors (Lipinski definition) is 6. The Labute approximate surface area is 280 Å². The van der Waals surface area contributed by atoms with Crippen LogP contribution in [0.1, 0.15) is 62.5 Å². The molecule has 244 valence electrons.